The van der Waals surface area contributed by atoms with Crippen molar-refractivity contribution >= 4 is 23.5 Å². The molecule has 2 N–H and O–H groups in total. The Kier molecular flexibility index (Phi) is 4.92. The Morgan fingerprint density at radius 1 is 1.33 bits per heavy atom. The fourth-order valence-corrected chi connectivity index (χ4v) is 2.28. The lowest BCUT2D eigenvalue weighted by Crippen LogP contribution is -2.26. The second-order valence-electron chi connectivity index (χ2n) is 4.95. The van der Waals surface area contributed by atoms with Crippen molar-refractivity contribution in [3.05, 3.63) is 29.8 Å². The number of carboxylic acid groups (broad SMARTS) is 1. The zero-order chi connectivity index (χ0) is 15.2. The summed E-state index contributed by atoms with van der Waals surface area (Å²) >= 11 is 0. The summed E-state index contributed by atoms with van der Waals surface area (Å²) in [5.74, 6) is -1.05. The molecule has 0 aromatic heterocycles. The lowest BCUT2D eigenvalue weighted by molar-refractivity contribution is -0.137. The van der Waals surface area contributed by atoms with Crippen LogP contribution in [0.3, 0.4) is 0 Å². The molecule has 0 unspecified atom stereocenters. The molecule has 1 aliphatic heterocycles. The average Bonchev–Trinajstić information content (AvgIpc) is 2.89. The number of nitrogens with zero attached hydrogens (tertiary/aromatic N) is 1. The first-order valence-corrected chi connectivity index (χ1v) is 6.98. The predicted octanol–water partition coefficient (Wildman–Crippen LogP) is 1.41. The highest BCUT2D eigenvalue weighted by Crippen LogP contribution is 2.22. The van der Waals surface area contributed by atoms with Gasteiger partial charge in [-0.25, -0.2) is 0 Å². The van der Waals surface area contributed by atoms with Gasteiger partial charge in [-0.05, 0) is 31.0 Å². The molecular weight excluding hydrogens is 272 g/mol. The summed E-state index contributed by atoms with van der Waals surface area (Å²) in [4.78, 5) is 35.7. The van der Waals surface area contributed by atoms with Gasteiger partial charge in [-0.3, -0.25) is 14.4 Å². The van der Waals surface area contributed by atoms with Crippen molar-refractivity contribution in [3.63, 3.8) is 0 Å². The van der Waals surface area contributed by atoms with E-state index in [1.54, 1.807) is 23.1 Å². The zero-order valence-corrected chi connectivity index (χ0v) is 11.7. The molecule has 0 aliphatic carbocycles. The van der Waals surface area contributed by atoms with Gasteiger partial charge in [0.1, 0.15) is 0 Å². The third kappa shape index (κ3) is 4.05. The molecule has 21 heavy (non-hydrogen) atoms. The van der Waals surface area contributed by atoms with Gasteiger partial charge in [0.25, 0.3) is 5.91 Å². The van der Waals surface area contributed by atoms with Crippen LogP contribution >= 0.6 is 0 Å². The standard InChI is InChI=1S/C15H18N2O4/c18-13-6-3-9-17(13)12-5-1-4-11(10-12)15(21)16-8-2-7-14(19)20/h1,4-5,10H,2-3,6-9H2,(H,16,21)(H,19,20). The van der Waals surface area contributed by atoms with Crippen LogP contribution in [0.25, 0.3) is 0 Å². The summed E-state index contributed by atoms with van der Waals surface area (Å²) in [6.07, 6.45) is 1.81. The normalized spacial score (nSPS) is 14.3. The van der Waals surface area contributed by atoms with Crippen molar-refractivity contribution in [1.82, 2.24) is 5.32 Å². The van der Waals surface area contributed by atoms with Gasteiger partial charge in [0.05, 0.1) is 0 Å². The van der Waals surface area contributed by atoms with Gasteiger partial charge in [-0.1, -0.05) is 6.07 Å². The quantitative estimate of drug-likeness (QED) is 0.775. The minimum Gasteiger partial charge on any atom is -0.481 e. The Balaban J connectivity index is 1.95. The molecule has 112 valence electrons. The van der Waals surface area contributed by atoms with E-state index in [-0.39, 0.29) is 18.2 Å². The fraction of sp³-hybridized carbons (Fsp3) is 0.400. The zero-order valence-electron chi connectivity index (χ0n) is 11.7. The van der Waals surface area contributed by atoms with Crippen LogP contribution in [0.1, 0.15) is 36.0 Å². The van der Waals surface area contributed by atoms with Crippen LogP contribution in [0.5, 0.6) is 0 Å². The lowest BCUT2D eigenvalue weighted by Gasteiger charge is -2.16. The predicted molar refractivity (Wildman–Crippen MR) is 77.2 cm³/mol. The number of hydrogen-bond acceptors (Lipinski definition) is 3. The molecule has 1 saturated heterocycles. The average molecular weight is 290 g/mol. The molecule has 0 radical (unpaired) electrons. The van der Waals surface area contributed by atoms with Crippen LogP contribution in [-0.4, -0.2) is 36.0 Å². The lowest BCUT2D eigenvalue weighted by atomic mass is 10.1. The molecule has 1 aromatic rings. The number of hydrogen-bond donors (Lipinski definition) is 2. The number of carbonyl (C=O) groups excluding carboxylic acids is 2. The summed E-state index contributed by atoms with van der Waals surface area (Å²) in [6, 6.07) is 6.92. The SMILES string of the molecule is O=C(O)CCCNC(=O)c1cccc(N2CCCC2=O)c1. The maximum Gasteiger partial charge on any atom is 0.303 e. The summed E-state index contributed by atoms with van der Waals surface area (Å²) in [7, 11) is 0. The first-order valence-electron chi connectivity index (χ1n) is 6.98. The van der Waals surface area contributed by atoms with E-state index < -0.39 is 5.97 Å². The first-order chi connectivity index (χ1) is 10.1. The molecule has 6 nitrogen and oxygen atoms in total. The van der Waals surface area contributed by atoms with E-state index in [0.29, 0.717) is 31.5 Å². The molecule has 1 fully saturated rings. The molecule has 0 atom stereocenters. The molecule has 0 saturated carbocycles. The van der Waals surface area contributed by atoms with Crippen LogP contribution in [0.15, 0.2) is 24.3 Å². The molecule has 1 aliphatic rings. The summed E-state index contributed by atoms with van der Waals surface area (Å²) in [6.45, 7) is 1.00. The van der Waals surface area contributed by atoms with Crippen LogP contribution in [0, 0.1) is 0 Å². The third-order valence-electron chi connectivity index (χ3n) is 3.35. The van der Waals surface area contributed by atoms with E-state index in [0.717, 1.165) is 12.1 Å². The van der Waals surface area contributed by atoms with Gasteiger partial charge in [0, 0.05) is 37.2 Å². The second kappa shape index (κ2) is 6.88. The Morgan fingerprint density at radius 2 is 2.14 bits per heavy atom. The third-order valence-corrected chi connectivity index (χ3v) is 3.35. The number of rotatable bonds is 6. The largest absolute Gasteiger partial charge is 0.481 e. The highest BCUT2D eigenvalue weighted by atomic mass is 16.4. The van der Waals surface area contributed by atoms with Crippen molar-refractivity contribution in [1.29, 1.82) is 0 Å². The van der Waals surface area contributed by atoms with Gasteiger partial charge in [0.15, 0.2) is 0 Å². The molecule has 1 heterocycles. The maximum atomic E-state index is 12.0. The Bertz CT molecular complexity index is 556. The second-order valence-corrected chi connectivity index (χ2v) is 4.95. The van der Waals surface area contributed by atoms with Crippen LogP contribution in [0.4, 0.5) is 5.69 Å². The summed E-state index contributed by atoms with van der Waals surface area (Å²) in [5, 5.41) is 11.2. The number of carboxylic acids is 1. The van der Waals surface area contributed by atoms with Gasteiger partial charge >= 0.3 is 5.97 Å². The molecule has 1 aromatic carbocycles. The van der Waals surface area contributed by atoms with Gasteiger partial charge in [-0.2, -0.15) is 0 Å². The maximum absolute atomic E-state index is 12.0. The van der Waals surface area contributed by atoms with Crippen molar-refractivity contribution in [2.75, 3.05) is 18.0 Å². The number of aliphatic carboxylic acids is 1. The summed E-state index contributed by atoms with van der Waals surface area (Å²) < 4.78 is 0. The van der Waals surface area contributed by atoms with E-state index in [2.05, 4.69) is 5.32 Å². The molecule has 2 rings (SSSR count). The van der Waals surface area contributed by atoms with E-state index in [4.69, 9.17) is 5.11 Å². The molecule has 2 amide bonds. The van der Waals surface area contributed by atoms with Gasteiger partial charge in [-0.15, -0.1) is 0 Å². The summed E-state index contributed by atoms with van der Waals surface area (Å²) in [5.41, 5.74) is 1.21. The number of nitrogens with one attached hydrogen (secondary N) is 1. The smallest absolute Gasteiger partial charge is 0.303 e. The van der Waals surface area contributed by atoms with Gasteiger partial charge < -0.3 is 15.3 Å². The number of carbonyl (C=O) groups is 3. The minimum atomic E-state index is -0.876. The number of benzene rings is 1. The van der Waals surface area contributed by atoms with Crippen LogP contribution in [0.2, 0.25) is 0 Å². The van der Waals surface area contributed by atoms with Crippen molar-refractivity contribution < 1.29 is 19.5 Å². The molecular formula is C15H18N2O4. The Hall–Kier alpha value is -2.37. The Labute approximate surface area is 122 Å². The van der Waals surface area contributed by atoms with E-state index >= 15 is 0 Å². The van der Waals surface area contributed by atoms with Crippen molar-refractivity contribution in [2.24, 2.45) is 0 Å². The first kappa shape index (κ1) is 15.0. The van der Waals surface area contributed by atoms with E-state index in [1.165, 1.54) is 0 Å². The molecule has 6 heteroatoms. The van der Waals surface area contributed by atoms with E-state index in [1.807, 2.05) is 6.07 Å². The van der Waals surface area contributed by atoms with Gasteiger partial charge in [0.2, 0.25) is 5.91 Å². The highest BCUT2D eigenvalue weighted by Gasteiger charge is 2.22. The molecule has 0 bridgehead atoms. The molecule has 0 spiro atoms. The highest BCUT2D eigenvalue weighted by molar-refractivity contribution is 5.99. The minimum absolute atomic E-state index is 0.0304. The fourth-order valence-electron chi connectivity index (χ4n) is 2.28. The van der Waals surface area contributed by atoms with Crippen LogP contribution in [-0.2, 0) is 9.59 Å². The Morgan fingerprint density at radius 3 is 2.81 bits per heavy atom. The van der Waals surface area contributed by atoms with Crippen LogP contribution < -0.4 is 10.2 Å². The van der Waals surface area contributed by atoms with E-state index in [9.17, 15) is 14.4 Å². The topological polar surface area (TPSA) is 86.7 Å². The van der Waals surface area contributed by atoms with Crippen molar-refractivity contribution in [3.8, 4) is 0 Å². The monoisotopic (exact) mass is 290 g/mol. The number of amides is 2. The van der Waals surface area contributed by atoms with Crippen molar-refractivity contribution in [2.45, 2.75) is 25.7 Å². The number of anilines is 1.